The zero-order valence-electron chi connectivity index (χ0n) is 18.0. The molecule has 1 aromatic heterocycles. The van der Waals surface area contributed by atoms with Gasteiger partial charge < -0.3 is 15.5 Å². The molecule has 0 aliphatic heterocycles. The smallest absolute Gasteiger partial charge is 0.304 e. The van der Waals surface area contributed by atoms with Crippen LogP contribution in [0.2, 0.25) is 0 Å². The first kappa shape index (κ1) is 23.3. The van der Waals surface area contributed by atoms with Gasteiger partial charge in [-0.15, -0.1) is 0 Å². The Bertz CT molecular complexity index is 663. The molecule has 1 aromatic rings. The van der Waals surface area contributed by atoms with E-state index >= 15 is 0 Å². The average molecular weight is 405 g/mol. The van der Waals surface area contributed by atoms with Crippen LogP contribution in [-0.2, 0) is 9.59 Å². The van der Waals surface area contributed by atoms with Crippen molar-refractivity contribution in [1.82, 2.24) is 10.3 Å². The largest absolute Gasteiger partial charge is 0.481 e. The molecule has 2 atom stereocenters. The quantitative estimate of drug-likeness (QED) is 0.528. The third-order valence-electron chi connectivity index (χ3n) is 6.70. The Labute approximate surface area is 174 Å². The van der Waals surface area contributed by atoms with Crippen LogP contribution in [0.3, 0.4) is 0 Å². The van der Waals surface area contributed by atoms with Crippen molar-refractivity contribution in [2.45, 2.75) is 84.8 Å². The summed E-state index contributed by atoms with van der Waals surface area (Å²) in [4.78, 5) is 27.9. The molecule has 2 unspecified atom stereocenters. The number of hydrogen-bond acceptors (Lipinski definition) is 4. The van der Waals surface area contributed by atoms with E-state index in [9.17, 15) is 19.8 Å². The van der Waals surface area contributed by atoms with Gasteiger partial charge >= 0.3 is 5.97 Å². The van der Waals surface area contributed by atoms with Crippen LogP contribution in [0.15, 0.2) is 24.5 Å². The molecular weight excluding hydrogens is 368 g/mol. The zero-order chi connectivity index (χ0) is 21.5. The van der Waals surface area contributed by atoms with Gasteiger partial charge in [0.05, 0.1) is 6.42 Å². The summed E-state index contributed by atoms with van der Waals surface area (Å²) in [6.45, 7) is 6.89. The van der Waals surface area contributed by atoms with Crippen molar-refractivity contribution in [2.75, 3.05) is 0 Å². The highest BCUT2D eigenvalue weighted by molar-refractivity contribution is 5.83. The summed E-state index contributed by atoms with van der Waals surface area (Å²) in [7, 11) is 0. The van der Waals surface area contributed by atoms with E-state index in [-0.39, 0.29) is 17.3 Å². The standard InChI is InChI=1S/C23H36N2O4/c1-22(2,3)23(11-5-4-6-12-23)13-7-8-18(16-19(26)27)21(29)25-20(28)17-9-14-24-15-10-17/h9-10,14-15,18,20,28H,4-8,11-13,16H2,1-3H3,(H,25,29)(H,26,27). The molecule has 1 amide bonds. The molecule has 6 nitrogen and oxygen atoms in total. The van der Waals surface area contributed by atoms with Crippen LogP contribution in [-0.4, -0.2) is 27.1 Å². The van der Waals surface area contributed by atoms with Gasteiger partial charge in [0.2, 0.25) is 5.91 Å². The van der Waals surface area contributed by atoms with E-state index in [1.54, 1.807) is 12.1 Å². The summed E-state index contributed by atoms with van der Waals surface area (Å²) < 4.78 is 0. The molecule has 1 heterocycles. The lowest BCUT2D eigenvalue weighted by Gasteiger charge is -2.48. The second-order valence-corrected chi connectivity index (χ2v) is 9.47. The fourth-order valence-corrected chi connectivity index (χ4v) is 4.71. The number of nitrogens with one attached hydrogen (secondary N) is 1. The Kier molecular flexibility index (Phi) is 8.20. The van der Waals surface area contributed by atoms with Gasteiger partial charge in [-0.1, -0.05) is 46.5 Å². The van der Waals surface area contributed by atoms with Crippen molar-refractivity contribution >= 4 is 11.9 Å². The van der Waals surface area contributed by atoms with Crippen LogP contribution in [0, 0.1) is 16.7 Å². The van der Waals surface area contributed by atoms with Crippen LogP contribution in [0.1, 0.15) is 90.3 Å². The number of hydrogen-bond donors (Lipinski definition) is 3. The molecule has 0 saturated heterocycles. The lowest BCUT2D eigenvalue weighted by Crippen LogP contribution is -2.38. The molecule has 3 N–H and O–H groups in total. The Hall–Kier alpha value is -1.95. The normalized spacial score (nSPS) is 18.6. The Morgan fingerprint density at radius 3 is 2.34 bits per heavy atom. The molecular formula is C23H36N2O4. The lowest BCUT2D eigenvalue weighted by molar-refractivity contribution is -0.142. The predicted molar refractivity (Wildman–Crippen MR) is 112 cm³/mol. The van der Waals surface area contributed by atoms with Gasteiger partial charge in [-0.2, -0.15) is 0 Å². The van der Waals surface area contributed by atoms with Gasteiger partial charge in [0, 0.05) is 23.9 Å². The van der Waals surface area contributed by atoms with Crippen LogP contribution in [0.25, 0.3) is 0 Å². The topological polar surface area (TPSA) is 99.5 Å². The maximum absolute atomic E-state index is 12.7. The van der Waals surface area contributed by atoms with E-state index in [1.165, 1.54) is 44.5 Å². The molecule has 6 heteroatoms. The molecule has 162 valence electrons. The van der Waals surface area contributed by atoms with Crippen molar-refractivity contribution < 1.29 is 19.8 Å². The van der Waals surface area contributed by atoms with E-state index in [4.69, 9.17) is 0 Å². The van der Waals surface area contributed by atoms with Crippen LogP contribution >= 0.6 is 0 Å². The monoisotopic (exact) mass is 404 g/mol. The maximum atomic E-state index is 12.7. The number of carboxylic acid groups (broad SMARTS) is 1. The van der Waals surface area contributed by atoms with E-state index in [0.717, 1.165) is 12.8 Å². The number of aliphatic hydroxyl groups is 1. The molecule has 29 heavy (non-hydrogen) atoms. The molecule has 0 spiro atoms. The molecule has 1 aliphatic carbocycles. The number of pyridine rings is 1. The minimum Gasteiger partial charge on any atom is -0.481 e. The third-order valence-corrected chi connectivity index (χ3v) is 6.70. The van der Waals surface area contributed by atoms with Crippen LogP contribution in [0.5, 0.6) is 0 Å². The van der Waals surface area contributed by atoms with Crippen LogP contribution in [0.4, 0.5) is 0 Å². The van der Waals surface area contributed by atoms with Crippen molar-refractivity contribution in [2.24, 2.45) is 16.7 Å². The number of carbonyl (C=O) groups is 2. The summed E-state index contributed by atoms with van der Waals surface area (Å²) in [6.07, 6.45) is 10.2. The van der Waals surface area contributed by atoms with Gasteiger partial charge in [0.15, 0.2) is 6.23 Å². The second kappa shape index (κ2) is 10.2. The summed E-state index contributed by atoms with van der Waals surface area (Å²) >= 11 is 0. The third kappa shape index (κ3) is 6.53. The number of rotatable bonds is 9. The molecule has 0 aromatic carbocycles. The predicted octanol–water partition coefficient (Wildman–Crippen LogP) is 4.45. The Balaban J connectivity index is 1.98. The van der Waals surface area contributed by atoms with Crippen molar-refractivity contribution in [3.8, 4) is 0 Å². The minimum atomic E-state index is -1.17. The molecule has 0 radical (unpaired) electrons. The average Bonchev–Trinajstić information content (AvgIpc) is 2.67. The van der Waals surface area contributed by atoms with E-state index in [1.807, 2.05) is 0 Å². The number of carbonyl (C=O) groups excluding carboxylic acids is 1. The fourth-order valence-electron chi connectivity index (χ4n) is 4.71. The number of nitrogens with zero attached hydrogens (tertiary/aromatic N) is 1. The van der Waals surface area contributed by atoms with Crippen molar-refractivity contribution in [3.63, 3.8) is 0 Å². The summed E-state index contributed by atoms with van der Waals surface area (Å²) in [6, 6.07) is 3.24. The first-order chi connectivity index (χ1) is 13.6. The van der Waals surface area contributed by atoms with Crippen LogP contribution < -0.4 is 5.32 Å². The van der Waals surface area contributed by atoms with E-state index < -0.39 is 24.0 Å². The number of carboxylic acids is 1. The van der Waals surface area contributed by atoms with Gasteiger partial charge in [0.1, 0.15) is 0 Å². The zero-order valence-corrected chi connectivity index (χ0v) is 18.0. The van der Waals surface area contributed by atoms with Gasteiger partial charge in [-0.3, -0.25) is 14.6 Å². The SMILES string of the molecule is CC(C)(C)C1(CCCC(CC(=O)O)C(=O)NC(O)c2ccncc2)CCCCC1. The molecule has 1 saturated carbocycles. The van der Waals surface area contributed by atoms with Crippen molar-refractivity contribution in [1.29, 1.82) is 0 Å². The van der Waals surface area contributed by atoms with Gasteiger partial charge in [0.25, 0.3) is 0 Å². The highest BCUT2D eigenvalue weighted by Gasteiger charge is 2.42. The van der Waals surface area contributed by atoms with Gasteiger partial charge in [-0.25, -0.2) is 0 Å². The number of aliphatic carboxylic acids is 1. The Morgan fingerprint density at radius 1 is 1.17 bits per heavy atom. The first-order valence-corrected chi connectivity index (χ1v) is 10.7. The summed E-state index contributed by atoms with van der Waals surface area (Å²) in [5.41, 5.74) is 0.970. The van der Waals surface area contributed by atoms with Crippen molar-refractivity contribution in [3.05, 3.63) is 30.1 Å². The summed E-state index contributed by atoms with van der Waals surface area (Å²) in [5, 5.41) is 22.1. The lowest BCUT2D eigenvalue weighted by atomic mass is 9.57. The van der Waals surface area contributed by atoms with E-state index in [2.05, 4.69) is 31.1 Å². The first-order valence-electron chi connectivity index (χ1n) is 10.7. The van der Waals surface area contributed by atoms with E-state index in [0.29, 0.717) is 12.0 Å². The maximum Gasteiger partial charge on any atom is 0.304 e. The highest BCUT2D eigenvalue weighted by atomic mass is 16.4. The minimum absolute atomic E-state index is 0.190. The molecule has 1 fully saturated rings. The fraction of sp³-hybridized carbons (Fsp3) is 0.696. The highest BCUT2D eigenvalue weighted by Crippen LogP contribution is 2.52. The molecule has 1 aliphatic rings. The second-order valence-electron chi connectivity index (χ2n) is 9.47. The number of aromatic nitrogens is 1. The van der Waals surface area contributed by atoms with Gasteiger partial charge in [-0.05, 0) is 48.6 Å². The summed E-state index contributed by atoms with van der Waals surface area (Å²) in [5.74, 6) is -2.05. The molecule has 2 rings (SSSR count). The molecule has 0 bridgehead atoms. The number of aliphatic hydroxyl groups excluding tert-OH is 1. The number of amides is 1. The Morgan fingerprint density at radius 2 is 1.79 bits per heavy atom.